The van der Waals surface area contributed by atoms with Crippen molar-refractivity contribution in [2.75, 3.05) is 5.73 Å². The van der Waals surface area contributed by atoms with Gasteiger partial charge in [0.25, 0.3) is 11.8 Å². The zero-order chi connectivity index (χ0) is 14.7. The van der Waals surface area contributed by atoms with E-state index in [9.17, 15) is 9.59 Å². The van der Waals surface area contributed by atoms with Gasteiger partial charge in [-0.2, -0.15) is 0 Å². The summed E-state index contributed by atoms with van der Waals surface area (Å²) < 4.78 is 0.315. The number of benzene rings is 1. The largest absolute Gasteiger partial charge is 0.382 e. The third-order valence-corrected chi connectivity index (χ3v) is 2.81. The number of hydrogen-bond donors (Lipinski definition) is 2. The lowest BCUT2D eigenvalue weighted by Gasteiger charge is -2.14. The first-order valence-electron chi connectivity index (χ1n) is 5.47. The molecule has 7 nitrogen and oxygen atoms in total. The van der Waals surface area contributed by atoms with Crippen molar-refractivity contribution in [2.24, 2.45) is 5.84 Å². The molecule has 20 heavy (non-hydrogen) atoms. The Hall–Kier alpha value is -2.32. The van der Waals surface area contributed by atoms with Gasteiger partial charge in [-0.25, -0.2) is 20.8 Å². The predicted octanol–water partition coefficient (Wildman–Crippen LogP) is 0.978. The van der Waals surface area contributed by atoms with Crippen molar-refractivity contribution in [3.63, 3.8) is 0 Å². The number of halogens is 1. The number of nitrogen functional groups attached to an aromatic ring is 1. The standard InChI is InChI=1S/C12H10BrN5O2/c13-8-6-16-10(14)9(17-8)12(20)18(15)11(19)7-4-2-1-3-5-7/h1-6H,15H2,(H2,14,16). The van der Waals surface area contributed by atoms with E-state index in [1.165, 1.54) is 6.20 Å². The smallest absolute Gasteiger partial charge is 0.297 e. The Bertz CT molecular complexity index is 662. The zero-order valence-corrected chi connectivity index (χ0v) is 11.7. The Labute approximate surface area is 122 Å². The van der Waals surface area contributed by atoms with Crippen LogP contribution in [0.4, 0.5) is 5.82 Å². The van der Waals surface area contributed by atoms with Crippen LogP contribution in [0.15, 0.2) is 41.1 Å². The molecule has 2 amide bonds. The molecule has 0 bridgehead atoms. The molecule has 0 radical (unpaired) electrons. The van der Waals surface area contributed by atoms with E-state index in [1.54, 1.807) is 30.3 Å². The number of aromatic nitrogens is 2. The molecule has 0 saturated heterocycles. The lowest BCUT2D eigenvalue weighted by atomic mass is 10.2. The van der Waals surface area contributed by atoms with Crippen molar-refractivity contribution in [1.82, 2.24) is 15.0 Å². The van der Waals surface area contributed by atoms with Gasteiger partial charge < -0.3 is 5.73 Å². The number of hydrazine groups is 1. The summed E-state index contributed by atoms with van der Waals surface area (Å²) in [7, 11) is 0. The summed E-state index contributed by atoms with van der Waals surface area (Å²) in [5.41, 5.74) is 5.65. The fourth-order valence-electron chi connectivity index (χ4n) is 1.46. The number of carbonyl (C=O) groups excluding carboxylic acids is 2. The molecule has 0 fully saturated rings. The van der Waals surface area contributed by atoms with E-state index in [1.807, 2.05) is 0 Å². The minimum Gasteiger partial charge on any atom is -0.382 e. The molecule has 1 heterocycles. The molecule has 8 heteroatoms. The van der Waals surface area contributed by atoms with Crippen molar-refractivity contribution in [2.45, 2.75) is 0 Å². The summed E-state index contributed by atoms with van der Waals surface area (Å²) >= 11 is 3.07. The Kier molecular flexibility index (Phi) is 4.06. The van der Waals surface area contributed by atoms with E-state index < -0.39 is 11.8 Å². The highest BCUT2D eigenvalue weighted by Gasteiger charge is 2.24. The van der Waals surface area contributed by atoms with Crippen LogP contribution in [0.5, 0.6) is 0 Å². The summed E-state index contributed by atoms with van der Waals surface area (Å²) in [5, 5.41) is 0.460. The topological polar surface area (TPSA) is 115 Å². The molecule has 0 atom stereocenters. The maximum absolute atomic E-state index is 12.1. The summed E-state index contributed by atoms with van der Waals surface area (Å²) in [5.74, 6) is 3.95. The van der Waals surface area contributed by atoms with E-state index in [2.05, 4.69) is 25.9 Å². The van der Waals surface area contributed by atoms with Crippen LogP contribution in [-0.2, 0) is 0 Å². The summed E-state index contributed by atoms with van der Waals surface area (Å²) in [6.45, 7) is 0. The van der Waals surface area contributed by atoms with E-state index in [0.29, 0.717) is 9.61 Å². The van der Waals surface area contributed by atoms with Crippen LogP contribution in [0, 0.1) is 0 Å². The third-order valence-electron chi connectivity index (χ3n) is 2.43. The molecule has 0 aliphatic carbocycles. The highest BCUT2D eigenvalue weighted by Crippen LogP contribution is 2.13. The van der Waals surface area contributed by atoms with Gasteiger partial charge in [0.1, 0.15) is 4.60 Å². The van der Waals surface area contributed by atoms with Gasteiger partial charge in [-0.05, 0) is 28.1 Å². The zero-order valence-electron chi connectivity index (χ0n) is 10.2. The minimum absolute atomic E-state index is 0.102. The van der Waals surface area contributed by atoms with Crippen LogP contribution in [0.25, 0.3) is 0 Å². The van der Waals surface area contributed by atoms with Gasteiger partial charge in [-0.3, -0.25) is 9.59 Å². The van der Waals surface area contributed by atoms with Crippen molar-refractivity contribution in [3.05, 3.63) is 52.4 Å². The van der Waals surface area contributed by atoms with Crippen molar-refractivity contribution in [3.8, 4) is 0 Å². The molecule has 0 aliphatic heterocycles. The first-order chi connectivity index (χ1) is 9.50. The molecular weight excluding hydrogens is 326 g/mol. The second-order valence-electron chi connectivity index (χ2n) is 3.77. The first kappa shape index (κ1) is 14.1. The molecule has 102 valence electrons. The molecule has 0 aliphatic rings. The average Bonchev–Trinajstić information content (AvgIpc) is 2.48. The monoisotopic (exact) mass is 335 g/mol. The number of rotatable bonds is 2. The number of nitrogens with zero attached hydrogens (tertiary/aromatic N) is 3. The van der Waals surface area contributed by atoms with E-state index in [0.717, 1.165) is 0 Å². The molecule has 2 rings (SSSR count). The van der Waals surface area contributed by atoms with Gasteiger partial charge in [0, 0.05) is 5.56 Å². The molecular formula is C12H10BrN5O2. The fraction of sp³-hybridized carbons (Fsp3) is 0. The fourth-order valence-corrected chi connectivity index (χ4v) is 1.74. The minimum atomic E-state index is -0.829. The third kappa shape index (κ3) is 2.81. The Morgan fingerprint density at radius 1 is 1.15 bits per heavy atom. The Morgan fingerprint density at radius 3 is 2.45 bits per heavy atom. The van der Waals surface area contributed by atoms with E-state index >= 15 is 0 Å². The van der Waals surface area contributed by atoms with Gasteiger partial charge in [0.05, 0.1) is 6.20 Å². The Morgan fingerprint density at radius 2 is 1.80 bits per heavy atom. The van der Waals surface area contributed by atoms with Gasteiger partial charge in [-0.1, -0.05) is 18.2 Å². The number of hydrogen-bond acceptors (Lipinski definition) is 6. The normalized spacial score (nSPS) is 10.1. The van der Waals surface area contributed by atoms with E-state index in [-0.39, 0.29) is 17.1 Å². The van der Waals surface area contributed by atoms with Crippen LogP contribution in [-0.4, -0.2) is 26.8 Å². The number of imide groups is 1. The molecule has 0 unspecified atom stereocenters. The van der Waals surface area contributed by atoms with Crippen LogP contribution in [0.1, 0.15) is 20.8 Å². The van der Waals surface area contributed by atoms with Gasteiger partial charge >= 0.3 is 0 Å². The summed E-state index contributed by atoms with van der Waals surface area (Å²) in [6.07, 6.45) is 1.34. The molecule has 1 aromatic carbocycles. The first-order valence-corrected chi connectivity index (χ1v) is 6.26. The van der Waals surface area contributed by atoms with Crippen LogP contribution < -0.4 is 11.6 Å². The lowest BCUT2D eigenvalue weighted by molar-refractivity contribution is 0.0612. The molecule has 0 saturated carbocycles. The van der Waals surface area contributed by atoms with Crippen molar-refractivity contribution in [1.29, 1.82) is 0 Å². The summed E-state index contributed by atoms with van der Waals surface area (Å²) in [6, 6.07) is 8.17. The second-order valence-corrected chi connectivity index (χ2v) is 4.59. The number of nitrogens with two attached hydrogens (primary N) is 2. The molecule has 2 aromatic rings. The molecule has 1 aromatic heterocycles. The van der Waals surface area contributed by atoms with Crippen LogP contribution >= 0.6 is 15.9 Å². The van der Waals surface area contributed by atoms with Crippen molar-refractivity contribution < 1.29 is 9.59 Å². The van der Waals surface area contributed by atoms with Crippen LogP contribution in [0.2, 0.25) is 0 Å². The lowest BCUT2D eigenvalue weighted by Crippen LogP contribution is -2.43. The second kappa shape index (κ2) is 5.76. The average molecular weight is 336 g/mol. The predicted molar refractivity (Wildman–Crippen MR) is 75.3 cm³/mol. The Balaban J connectivity index is 2.29. The van der Waals surface area contributed by atoms with Gasteiger partial charge in [-0.15, -0.1) is 0 Å². The SMILES string of the molecule is Nc1ncc(Br)nc1C(=O)N(N)C(=O)c1ccccc1. The quantitative estimate of drug-likeness (QED) is 0.366. The number of amides is 2. The highest BCUT2D eigenvalue weighted by molar-refractivity contribution is 9.10. The number of anilines is 1. The summed E-state index contributed by atoms with van der Waals surface area (Å²) in [4.78, 5) is 31.8. The van der Waals surface area contributed by atoms with E-state index in [4.69, 9.17) is 11.6 Å². The van der Waals surface area contributed by atoms with Gasteiger partial charge in [0.2, 0.25) is 0 Å². The van der Waals surface area contributed by atoms with Gasteiger partial charge in [0.15, 0.2) is 11.5 Å². The number of carbonyl (C=O) groups is 2. The highest BCUT2D eigenvalue weighted by atomic mass is 79.9. The maximum atomic E-state index is 12.1. The van der Waals surface area contributed by atoms with Crippen LogP contribution in [0.3, 0.4) is 0 Å². The molecule has 4 N–H and O–H groups in total. The van der Waals surface area contributed by atoms with Crippen molar-refractivity contribution >= 4 is 33.6 Å². The molecule has 0 spiro atoms. The maximum Gasteiger partial charge on any atom is 0.297 e.